The summed E-state index contributed by atoms with van der Waals surface area (Å²) in [4.78, 5) is 2.72. The molecule has 1 atom stereocenters. The predicted molar refractivity (Wildman–Crippen MR) is 64.0 cm³/mol. The molecule has 1 saturated heterocycles. The monoisotopic (exact) mass is 258 g/mol. The second-order valence-electron chi connectivity index (χ2n) is 5.08. The molecule has 1 aliphatic rings. The molecule has 96 valence electrons. The van der Waals surface area contributed by atoms with Gasteiger partial charge in [-0.15, -0.1) is 0 Å². The number of sulfonamides is 1. The minimum Gasteiger partial charge on any atom is -0.392 e. The van der Waals surface area contributed by atoms with E-state index in [1.165, 1.54) is 10.4 Å². The fraction of sp³-hybridized carbons (Fsp3) is 0.636. The molecular formula is C11H18N2O3S. The molecule has 1 aromatic rings. The highest BCUT2D eigenvalue weighted by atomic mass is 32.2. The van der Waals surface area contributed by atoms with Gasteiger partial charge in [0, 0.05) is 18.3 Å². The maximum Gasteiger partial charge on any atom is 0.259 e. The molecular weight excluding hydrogens is 240 g/mol. The third-order valence-electron chi connectivity index (χ3n) is 3.28. The zero-order valence-corrected chi connectivity index (χ0v) is 10.9. The summed E-state index contributed by atoms with van der Waals surface area (Å²) in [7, 11) is -3.54. The maximum atomic E-state index is 12.4. The molecule has 2 heterocycles. The number of hydrogen-bond acceptors (Lipinski definition) is 3. The van der Waals surface area contributed by atoms with Crippen molar-refractivity contribution in [1.29, 1.82) is 0 Å². The number of aromatic nitrogens is 1. The summed E-state index contributed by atoms with van der Waals surface area (Å²) in [5, 5.41) is 9.84. The first-order valence-corrected chi connectivity index (χ1v) is 7.12. The SMILES string of the molecule is CC1(C)CCC(O)CN1S(=O)(=O)c1ccc[nH]1. The highest BCUT2D eigenvalue weighted by Crippen LogP contribution is 2.32. The van der Waals surface area contributed by atoms with E-state index in [2.05, 4.69) is 4.98 Å². The van der Waals surface area contributed by atoms with Crippen molar-refractivity contribution in [2.24, 2.45) is 0 Å². The number of piperidine rings is 1. The third-order valence-corrected chi connectivity index (χ3v) is 5.31. The number of nitrogens with one attached hydrogen (secondary N) is 1. The summed E-state index contributed by atoms with van der Waals surface area (Å²) in [5.74, 6) is 0. The van der Waals surface area contributed by atoms with Gasteiger partial charge in [0.1, 0.15) is 5.03 Å². The van der Waals surface area contributed by atoms with Crippen LogP contribution in [0.15, 0.2) is 23.4 Å². The van der Waals surface area contributed by atoms with Crippen LogP contribution >= 0.6 is 0 Å². The van der Waals surface area contributed by atoms with Gasteiger partial charge in [-0.25, -0.2) is 8.42 Å². The highest BCUT2D eigenvalue weighted by Gasteiger charge is 2.41. The van der Waals surface area contributed by atoms with Crippen molar-refractivity contribution < 1.29 is 13.5 Å². The molecule has 2 N–H and O–H groups in total. The van der Waals surface area contributed by atoms with Gasteiger partial charge >= 0.3 is 0 Å². The Bertz CT molecular complexity index is 479. The Morgan fingerprint density at radius 2 is 2.24 bits per heavy atom. The first-order chi connectivity index (χ1) is 7.84. The second kappa shape index (κ2) is 4.12. The lowest BCUT2D eigenvalue weighted by Gasteiger charge is -2.42. The van der Waals surface area contributed by atoms with Crippen molar-refractivity contribution >= 4 is 10.0 Å². The molecule has 1 fully saturated rings. The van der Waals surface area contributed by atoms with Gasteiger partial charge in [-0.2, -0.15) is 4.31 Å². The molecule has 0 amide bonds. The largest absolute Gasteiger partial charge is 0.392 e. The van der Waals surface area contributed by atoms with Crippen LogP contribution in [0.2, 0.25) is 0 Å². The van der Waals surface area contributed by atoms with Crippen molar-refractivity contribution in [3.8, 4) is 0 Å². The van der Waals surface area contributed by atoms with E-state index in [9.17, 15) is 13.5 Å². The molecule has 0 saturated carbocycles. The van der Waals surface area contributed by atoms with Crippen LogP contribution < -0.4 is 0 Å². The number of aliphatic hydroxyl groups is 1. The van der Waals surface area contributed by atoms with Crippen LogP contribution in [0.3, 0.4) is 0 Å². The molecule has 2 rings (SSSR count). The Morgan fingerprint density at radius 3 is 2.82 bits per heavy atom. The van der Waals surface area contributed by atoms with Crippen LogP contribution in [-0.4, -0.2) is 41.0 Å². The first-order valence-electron chi connectivity index (χ1n) is 5.68. The Balaban J connectivity index is 2.38. The maximum absolute atomic E-state index is 12.4. The van der Waals surface area contributed by atoms with E-state index in [4.69, 9.17) is 0 Å². The molecule has 5 nitrogen and oxygen atoms in total. The summed E-state index contributed by atoms with van der Waals surface area (Å²) >= 11 is 0. The molecule has 0 aliphatic carbocycles. The van der Waals surface area contributed by atoms with Crippen LogP contribution in [0.1, 0.15) is 26.7 Å². The highest BCUT2D eigenvalue weighted by molar-refractivity contribution is 7.89. The molecule has 0 aromatic carbocycles. The predicted octanol–water partition coefficient (Wildman–Crippen LogP) is 0.939. The molecule has 0 spiro atoms. The van der Waals surface area contributed by atoms with Gasteiger partial charge in [0.05, 0.1) is 6.10 Å². The average Bonchev–Trinajstić information content (AvgIpc) is 2.75. The van der Waals surface area contributed by atoms with Gasteiger partial charge < -0.3 is 10.1 Å². The molecule has 17 heavy (non-hydrogen) atoms. The third kappa shape index (κ3) is 2.25. The van der Waals surface area contributed by atoms with E-state index in [1.807, 2.05) is 13.8 Å². The molecule has 1 aromatic heterocycles. The molecule has 0 bridgehead atoms. The van der Waals surface area contributed by atoms with Gasteiger partial charge in [0.15, 0.2) is 0 Å². The lowest BCUT2D eigenvalue weighted by Crippen LogP contribution is -2.54. The molecule has 6 heteroatoms. The first kappa shape index (κ1) is 12.6. The van der Waals surface area contributed by atoms with E-state index in [0.717, 1.165) is 0 Å². The van der Waals surface area contributed by atoms with Gasteiger partial charge in [-0.05, 0) is 38.8 Å². The minimum atomic E-state index is -3.54. The van der Waals surface area contributed by atoms with Crippen molar-refractivity contribution in [2.45, 2.75) is 43.4 Å². The Hall–Kier alpha value is -0.850. The van der Waals surface area contributed by atoms with Crippen LogP contribution in [0, 0.1) is 0 Å². The van der Waals surface area contributed by atoms with E-state index in [0.29, 0.717) is 12.8 Å². The lowest BCUT2D eigenvalue weighted by atomic mass is 9.92. The lowest BCUT2D eigenvalue weighted by molar-refractivity contribution is 0.0479. The van der Waals surface area contributed by atoms with Crippen LogP contribution in [0.4, 0.5) is 0 Å². The summed E-state index contributed by atoms with van der Waals surface area (Å²) in [5.41, 5.74) is -0.455. The number of β-amino-alcohol motifs (C(OH)–C–C–N with tert-alkyl or cyclic N) is 1. The fourth-order valence-corrected chi connectivity index (χ4v) is 4.01. The number of H-pyrrole nitrogens is 1. The van der Waals surface area contributed by atoms with Gasteiger partial charge in [0.2, 0.25) is 0 Å². The van der Waals surface area contributed by atoms with Gasteiger partial charge in [-0.3, -0.25) is 0 Å². The number of aromatic amines is 1. The van der Waals surface area contributed by atoms with E-state index >= 15 is 0 Å². The Labute approximate surface area is 102 Å². The minimum absolute atomic E-state index is 0.161. The zero-order valence-electron chi connectivity index (χ0n) is 10.0. The molecule has 1 aliphatic heterocycles. The number of aliphatic hydroxyl groups excluding tert-OH is 1. The molecule has 0 radical (unpaired) electrons. The quantitative estimate of drug-likeness (QED) is 0.829. The smallest absolute Gasteiger partial charge is 0.259 e. The average molecular weight is 258 g/mol. The number of rotatable bonds is 2. The topological polar surface area (TPSA) is 73.4 Å². The van der Waals surface area contributed by atoms with Crippen LogP contribution in [-0.2, 0) is 10.0 Å². The van der Waals surface area contributed by atoms with E-state index in [1.54, 1.807) is 12.3 Å². The number of hydrogen-bond donors (Lipinski definition) is 2. The Morgan fingerprint density at radius 1 is 1.53 bits per heavy atom. The van der Waals surface area contributed by atoms with Crippen molar-refractivity contribution in [3.05, 3.63) is 18.3 Å². The van der Waals surface area contributed by atoms with Crippen LogP contribution in [0.5, 0.6) is 0 Å². The van der Waals surface area contributed by atoms with E-state index < -0.39 is 21.7 Å². The summed E-state index contributed by atoms with van der Waals surface area (Å²) in [6, 6.07) is 3.19. The Kier molecular flexibility index (Phi) is 3.05. The van der Waals surface area contributed by atoms with Crippen molar-refractivity contribution in [2.75, 3.05) is 6.54 Å². The van der Waals surface area contributed by atoms with Crippen molar-refractivity contribution in [1.82, 2.24) is 9.29 Å². The number of nitrogens with zero attached hydrogens (tertiary/aromatic N) is 1. The molecule has 1 unspecified atom stereocenters. The van der Waals surface area contributed by atoms with E-state index in [-0.39, 0.29) is 11.6 Å². The van der Waals surface area contributed by atoms with Gasteiger partial charge in [-0.1, -0.05) is 0 Å². The second-order valence-corrected chi connectivity index (χ2v) is 6.91. The summed E-state index contributed by atoms with van der Waals surface area (Å²) in [6.07, 6.45) is 2.31. The van der Waals surface area contributed by atoms with Gasteiger partial charge in [0.25, 0.3) is 10.0 Å². The zero-order chi connectivity index (χ0) is 12.7. The van der Waals surface area contributed by atoms with Crippen LogP contribution in [0.25, 0.3) is 0 Å². The summed E-state index contributed by atoms with van der Waals surface area (Å²) < 4.78 is 26.2. The normalized spacial score (nSPS) is 25.9. The fourth-order valence-electron chi connectivity index (χ4n) is 2.19. The van der Waals surface area contributed by atoms with Crippen molar-refractivity contribution in [3.63, 3.8) is 0 Å². The summed E-state index contributed by atoms with van der Waals surface area (Å²) in [6.45, 7) is 3.94. The standard InChI is InChI=1S/C11H18N2O3S/c1-11(2)6-5-9(14)8-13(11)17(15,16)10-4-3-7-12-10/h3-4,7,9,12,14H,5-6,8H2,1-2H3.